The second-order valence-corrected chi connectivity index (χ2v) is 3.70. The fourth-order valence-corrected chi connectivity index (χ4v) is 1.49. The molecular weight excluding hydrogens is 245 g/mol. The van der Waals surface area contributed by atoms with Gasteiger partial charge in [0.05, 0.1) is 22.5 Å². The number of nitrogens with one attached hydrogen (secondary N) is 1. The number of aromatic nitrogens is 1. The van der Waals surface area contributed by atoms with Gasteiger partial charge in [0, 0.05) is 6.20 Å². The number of pyridine rings is 1. The molecule has 0 radical (unpaired) electrons. The summed E-state index contributed by atoms with van der Waals surface area (Å²) in [6.07, 6.45) is 1.36. The van der Waals surface area contributed by atoms with E-state index in [0.717, 1.165) is 6.07 Å². The number of rotatable bonds is 2. The second-order valence-electron chi connectivity index (χ2n) is 3.70. The maximum absolute atomic E-state index is 13.0. The van der Waals surface area contributed by atoms with E-state index in [1.807, 2.05) is 12.1 Å². The summed E-state index contributed by atoms with van der Waals surface area (Å²) in [6, 6.07) is 9.02. The number of halogens is 1. The van der Waals surface area contributed by atoms with Crippen LogP contribution in [0.5, 0.6) is 0 Å². The monoisotopic (exact) mass is 253 g/mol. The third-order valence-corrected chi connectivity index (χ3v) is 2.40. The Labute approximate surface area is 108 Å². The lowest BCUT2D eigenvalue weighted by Gasteiger charge is -2.09. The first-order valence-electron chi connectivity index (χ1n) is 5.26. The minimum atomic E-state index is -0.497. The number of benzene rings is 1. The Morgan fingerprint density at radius 3 is 2.63 bits per heavy atom. The average molecular weight is 253 g/mol. The van der Waals surface area contributed by atoms with Crippen LogP contribution >= 0.6 is 0 Å². The number of hydrogen-bond donors (Lipinski definition) is 2. The molecule has 1 aromatic carbocycles. The molecule has 6 heteroatoms. The summed E-state index contributed by atoms with van der Waals surface area (Å²) in [5.74, 6) is -0.190. The lowest BCUT2D eigenvalue weighted by Crippen LogP contribution is -2.01. The Balaban J connectivity index is 2.37. The minimum absolute atomic E-state index is 0.144. The summed E-state index contributed by atoms with van der Waals surface area (Å²) in [5, 5.41) is 20.5. The molecule has 92 valence electrons. The van der Waals surface area contributed by atoms with Gasteiger partial charge in [0.1, 0.15) is 18.0 Å². The van der Waals surface area contributed by atoms with E-state index in [4.69, 9.17) is 16.3 Å². The highest BCUT2D eigenvalue weighted by molar-refractivity contribution is 5.72. The number of nitrogens with zero attached hydrogens (tertiary/aromatic N) is 3. The molecule has 19 heavy (non-hydrogen) atoms. The first-order valence-corrected chi connectivity index (χ1v) is 5.26. The third-order valence-electron chi connectivity index (χ3n) is 2.40. The Hall–Kier alpha value is -3.12. The molecule has 5 nitrogen and oxygen atoms in total. The molecule has 0 atom stereocenters. The summed E-state index contributed by atoms with van der Waals surface area (Å²) in [4.78, 5) is 3.98. The largest absolute Gasteiger partial charge is 0.396 e. The second kappa shape index (κ2) is 5.03. The van der Waals surface area contributed by atoms with Gasteiger partial charge in [-0.3, -0.25) is 0 Å². The van der Waals surface area contributed by atoms with Crippen molar-refractivity contribution >= 4 is 17.2 Å². The highest BCUT2D eigenvalue weighted by Gasteiger charge is 2.07. The van der Waals surface area contributed by atoms with Crippen molar-refractivity contribution in [3.05, 3.63) is 47.4 Å². The van der Waals surface area contributed by atoms with Gasteiger partial charge in [-0.05, 0) is 24.3 Å². The van der Waals surface area contributed by atoms with Gasteiger partial charge in [0.15, 0.2) is 5.82 Å². The van der Waals surface area contributed by atoms with Crippen LogP contribution in [0.15, 0.2) is 30.5 Å². The molecule has 0 unspecified atom stereocenters. The minimum Gasteiger partial charge on any atom is -0.396 e. The van der Waals surface area contributed by atoms with Crippen LogP contribution in [0.3, 0.4) is 0 Å². The van der Waals surface area contributed by atoms with E-state index in [-0.39, 0.29) is 11.3 Å². The molecule has 0 aliphatic heterocycles. The van der Waals surface area contributed by atoms with Crippen LogP contribution in [0.25, 0.3) is 0 Å². The van der Waals surface area contributed by atoms with E-state index in [1.165, 1.54) is 24.4 Å². The molecule has 0 aliphatic carbocycles. The molecule has 0 bridgehead atoms. The summed E-state index contributed by atoms with van der Waals surface area (Å²) in [7, 11) is 0. The fraction of sp³-hybridized carbons (Fsp3) is 0. The highest BCUT2D eigenvalue weighted by Crippen LogP contribution is 2.24. The van der Waals surface area contributed by atoms with Crippen molar-refractivity contribution < 1.29 is 4.39 Å². The summed E-state index contributed by atoms with van der Waals surface area (Å²) in [5.41, 5.74) is 6.88. The molecule has 0 spiro atoms. The van der Waals surface area contributed by atoms with Crippen molar-refractivity contribution in [2.45, 2.75) is 0 Å². The van der Waals surface area contributed by atoms with E-state index in [2.05, 4.69) is 10.3 Å². The number of anilines is 3. The SMILES string of the molecule is N#Cc1cnc(Nc2ccc(F)cc2C#N)c(N)c1. The number of nitrogens with two attached hydrogens (primary N) is 1. The van der Waals surface area contributed by atoms with Gasteiger partial charge in [-0.1, -0.05) is 0 Å². The zero-order valence-electron chi connectivity index (χ0n) is 9.68. The number of nitriles is 2. The Morgan fingerprint density at radius 1 is 1.21 bits per heavy atom. The van der Waals surface area contributed by atoms with Crippen molar-refractivity contribution in [3.63, 3.8) is 0 Å². The number of nitrogen functional groups attached to an aromatic ring is 1. The molecule has 2 aromatic rings. The molecule has 0 saturated carbocycles. The molecule has 1 heterocycles. The summed E-state index contributed by atoms with van der Waals surface area (Å²) >= 11 is 0. The van der Waals surface area contributed by atoms with Gasteiger partial charge in [0.25, 0.3) is 0 Å². The van der Waals surface area contributed by atoms with Crippen LogP contribution in [-0.4, -0.2) is 4.98 Å². The lowest BCUT2D eigenvalue weighted by atomic mass is 10.2. The molecule has 0 amide bonds. The van der Waals surface area contributed by atoms with Crippen molar-refractivity contribution in [1.29, 1.82) is 10.5 Å². The van der Waals surface area contributed by atoms with Gasteiger partial charge in [-0.2, -0.15) is 10.5 Å². The maximum Gasteiger partial charge on any atom is 0.153 e. The van der Waals surface area contributed by atoms with Crippen molar-refractivity contribution in [2.75, 3.05) is 11.1 Å². The summed E-state index contributed by atoms with van der Waals surface area (Å²) in [6.45, 7) is 0. The van der Waals surface area contributed by atoms with E-state index in [0.29, 0.717) is 17.1 Å². The van der Waals surface area contributed by atoms with E-state index < -0.39 is 5.82 Å². The molecule has 0 fully saturated rings. The standard InChI is InChI=1S/C13H8FN5/c14-10-1-2-12(9(4-10)6-16)19-13-11(17)3-8(5-15)7-18-13/h1-4,7H,17H2,(H,18,19). The van der Waals surface area contributed by atoms with E-state index >= 15 is 0 Å². The third kappa shape index (κ3) is 2.59. The van der Waals surface area contributed by atoms with Crippen LogP contribution in [-0.2, 0) is 0 Å². The zero-order chi connectivity index (χ0) is 13.8. The van der Waals surface area contributed by atoms with Gasteiger partial charge in [-0.25, -0.2) is 9.37 Å². The Kier molecular flexibility index (Phi) is 3.26. The Bertz CT molecular complexity index is 712. The topological polar surface area (TPSA) is 98.5 Å². The Morgan fingerprint density at radius 2 is 2.00 bits per heavy atom. The first kappa shape index (κ1) is 12.3. The van der Waals surface area contributed by atoms with E-state index in [9.17, 15) is 4.39 Å². The van der Waals surface area contributed by atoms with Crippen LogP contribution in [0.1, 0.15) is 11.1 Å². The van der Waals surface area contributed by atoms with Gasteiger partial charge in [0.2, 0.25) is 0 Å². The quantitative estimate of drug-likeness (QED) is 0.855. The van der Waals surface area contributed by atoms with E-state index in [1.54, 1.807) is 0 Å². The number of hydrogen-bond acceptors (Lipinski definition) is 5. The molecule has 1 aromatic heterocycles. The molecule has 2 rings (SSSR count). The van der Waals surface area contributed by atoms with Crippen LogP contribution in [0.2, 0.25) is 0 Å². The summed E-state index contributed by atoms with van der Waals surface area (Å²) < 4.78 is 13.0. The predicted molar refractivity (Wildman–Crippen MR) is 67.8 cm³/mol. The molecule has 3 N–H and O–H groups in total. The normalized spacial score (nSPS) is 9.42. The fourth-order valence-electron chi connectivity index (χ4n) is 1.49. The van der Waals surface area contributed by atoms with Gasteiger partial charge < -0.3 is 11.1 Å². The maximum atomic E-state index is 13.0. The zero-order valence-corrected chi connectivity index (χ0v) is 9.68. The molecular formula is C13H8FN5. The van der Waals surface area contributed by atoms with Crippen LogP contribution in [0, 0.1) is 28.5 Å². The van der Waals surface area contributed by atoms with Crippen LogP contribution < -0.4 is 11.1 Å². The average Bonchev–Trinajstić information content (AvgIpc) is 2.42. The van der Waals surface area contributed by atoms with Crippen molar-refractivity contribution in [2.24, 2.45) is 0 Å². The first-order chi connectivity index (χ1) is 9.13. The van der Waals surface area contributed by atoms with Crippen LogP contribution in [0.4, 0.5) is 21.6 Å². The van der Waals surface area contributed by atoms with Gasteiger partial charge in [-0.15, -0.1) is 0 Å². The molecule has 0 aliphatic rings. The highest BCUT2D eigenvalue weighted by atomic mass is 19.1. The van der Waals surface area contributed by atoms with Gasteiger partial charge >= 0.3 is 0 Å². The van der Waals surface area contributed by atoms with Crippen molar-refractivity contribution in [3.8, 4) is 12.1 Å². The van der Waals surface area contributed by atoms with Crippen molar-refractivity contribution in [1.82, 2.24) is 4.98 Å². The smallest absolute Gasteiger partial charge is 0.153 e. The lowest BCUT2D eigenvalue weighted by molar-refractivity contribution is 0.627. The molecule has 0 saturated heterocycles. The predicted octanol–water partition coefficient (Wildman–Crippen LogP) is 2.29.